The van der Waals surface area contributed by atoms with Gasteiger partial charge in [0, 0.05) is 5.82 Å². The number of ether oxygens (including phenoxy) is 2. The number of morpholine rings is 1. The number of aromatic carboxylic acids is 1. The first kappa shape index (κ1) is 20.6. The number of likely N-dealkylation sites (tertiary alicyclic amines) is 1. The maximum atomic E-state index is 12.6. The van der Waals surface area contributed by atoms with Gasteiger partial charge in [0.2, 0.25) is 5.91 Å². The van der Waals surface area contributed by atoms with Crippen LogP contribution in [0.2, 0.25) is 5.82 Å². The van der Waals surface area contributed by atoms with Crippen LogP contribution >= 0.6 is 0 Å². The molecule has 3 fully saturated rings. The number of carbonyl (C=O) groups is 2. The number of hydrogen-bond donors (Lipinski definition) is 2. The molecule has 3 heterocycles. The summed E-state index contributed by atoms with van der Waals surface area (Å²) in [4.78, 5) is 26.2. The number of likely N-dealkylation sites (N-methyl/N-ethyl adjacent to an activating group) is 1. The third-order valence-electron chi connectivity index (χ3n) is 6.85. The predicted octanol–water partition coefficient (Wildman–Crippen LogP) is 0.570. The standard InChI is InChI=1S/C21H27BN2O7/c1-24(2)5-6-29-12(11-24)7-18(25)23-9-13(10-23)30-17-4-3-14-15-8-16(15)22(28)31-20(14)19(17)21(26)27/h3-4,12-13,15-16,28H,5-11H2,1-2H3/p+1/t12-,15+,16+/m0/s1. The second-order valence-corrected chi connectivity index (χ2v) is 9.75. The van der Waals surface area contributed by atoms with E-state index in [1.165, 1.54) is 0 Å². The van der Waals surface area contributed by atoms with E-state index >= 15 is 0 Å². The molecule has 1 aromatic carbocycles. The molecule has 3 atom stereocenters. The highest BCUT2D eigenvalue weighted by Crippen LogP contribution is 2.60. The number of rotatable bonds is 5. The fourth-order valence-corrected chi connectivity index (χ4v) is 4.90. The molecule has 9 nitrogen and oxygen atoms in total. The van der Waals surface area contributed by atoms with Crippen LogP contribution in [0, 0.1) is 0 Å². The van der Waals surface area contributed by atoms with E-state index in [1.807, 2.05) is 6.07 Å². The number of carboxylic acid groups (broad SMARTS) is 1. The Morgan fingerprint density at radius 1 is 1.32 bits per heavy atom. The number of nitrogens with zero attached hydrogens (tertiary/aromatic N) is 2. The van der Waals surface area contributed by atoms with Gasteiger partial charge in [0.05, 0.1) is 40.2 Å². The van der Waals surface area contributed by atoms with Crippen LogP contribution < -0.4 is 9.39 Å². The maximum absolute atomic E-state index is 12.6. The molecule has 0 bridgehead atoms. The quantitative estimate of drug-likeness (QED) is 0.519. The van der Waals surface area contributed by atoms with Gasteiger partial charge in [0.15, 0.2) is 0 Å². The Morgan fingerprint density at radius 3 is 2.81 bits per heavy atom. The Kier molecular flexibility index (Phi) is 4.91. The van der Waals surface area contributed by atoms with Gasteiger partial charge in [-0.25, -0.2) is 4.79 Å². The molecule has 0 radical (unpaired) electrons. The molecule has 166 valence electrons. The summed E-state index contributed by atoms with van der Waals surface area (Å²) >= 11 is 0. The minimum Gasteiger partial charge on any atom is -0.535 e. The van der Waals surface area contributed by atoms with Gasteiger partial charge in [-0.3, -0.25) is 4.79 Å². The number of fused-ring (bicyclic) bond motifs is 3. The van der Waals surface area contributed by atoms with E-state index < -0.39 is 13.1 Å². The fourth-order valence-electron chi connectivity index (χ4n) is 4.90. The van der Waals surface area contributed by atoms with Crippen LogP contribution in [-0.2, 0) is 9.53 Å². The molecule has 3 aliphatic heterocycles. The minimum absolute atomic E-state index is 0.0295. The third kappa shape index (κ3) is 3.88. The number of carbonyl (C=O) groups excluding carboxylic acids is 1. The van der Waals surface area contributed by atoms with Crippen molar-refractivity contribution in [3.05, 3.63) is 23.3 Å². The predicted molar refractivity (Wildman–Crippen MR) is 110 cm³/mol. The molecule has 5 rings (SSSR count). The highest BCUT2D eigenvalue weighted by Gasteiger charge is 2.54. The molecule has 0 unspecified atom stereocenters. The van der Waals surface area contributed by atoms with Gasteiger partial charge in [-0.15, -0.1) is 0 Å². The third-order valence-corrected chi connectivity index (χ3v) is 6.85. The summed E-state index contributed by atoms with van der Waals surface area (Å²) in [5, 5.41) is 19.8. The molecule has 10 heteroatoms. The summed E-state index contributed by atoms with van der Waals surface area (Å²) in [6.45, 7) is 3.23. The van der Waals surface area contributed by atoms with E-state index in [4.69, 9.17) is 14.1 Å². The smallest absolute Gasteiger partial charge is 0.526 e. The molecular weight excluding hydrogens is 403 g/mol. The highest BCUT2D eigenvalue weighted by molar-refractivity contribution is 6.48. The van der Waals surface area contributed by atoms with Gasteiger partial charge < -0.3 is 33.6 Å². The average molecular weight is 431 g/mol. The van der Waals surface area contributed by atoms with Crippen molar-refractivity contribution in [3.8, 4) is 11.5 Å². The van der Waals surface area contributed by atoms with Crippen molar-refractivity contribution < 1.29 is 38.3 Å². The molecule has 2 N–H and O–H groups in total. The lowest BCUT2D eigenvalue weighted by Gasteiger charge is -2.41. The van der Waals surface area contributed by atoms with Crippen LogP contribution in [0.25, 0.3) is 0 Å². The molecule has 1 aliphatic carbocycles. The summed E-state index contributed by atoms with van der Waals surface area (Å²) in [7, 11) is 3.30. The molecule has 0 spiro atoms. The zero-order valence-electron chi connectivity index (χ0n) is 17.8. The van der Waals surface area contributed by atoms with Gasteiger partial charge in [0.1, 0.15) is 42.4 Å². The Morgan fingerprint density at radius 2 is 2.10 bits per heavy atom. The number of benzene rings is 1. The topological polar surface area (TPSA) is 106 Å². The van der Waals surface area contributed by atoms with Crippen LogP contribution in [0.3, 0.4) is 0 Å². The minimum atomic E-state index is -1.15. The average Bonchev–Trinajstić information content (AvgIpc) is 3.44. The lowest BCUT2D eigenvalue weighted by Crippen LogP contribution is -2.58. The van der Waals surface area contributed by atoms with E-state index in [2.05, 4.69) is 14.1 Å². The second kappa shape index (κ2) is 7.39. The van der Waals surface area contributed by atoms with Crippen LogP contribution in [0.1, 0.15) is 34.7 Å². The van der Waals surface area contributed by atoms with Crippen LogP contribution in [0.4, 0.5) is 0 Å². The lowest BCUT2D eigenvalue weighted by molar-refractivity contribution is -0.901. The zero-order valence-corrected chi connectivity index (χ0v) is 17.8. The van der Waals surface area contributed by atoms with Gasteiger partial charge in [-0.2, -0.15) is 0 Å². The molecular formula is C21H28BN2O7+. The van der Waals surface area contributed by atoms with E-state index in [0.29, 0.717) is 26.1 Å². The molecule has 2 saturated heterocycles. The molecule has 1 aromatic rings. The van der Waals surface area contributed by atoms with Gasteiger partial charge >= 0.3 is 13.1 Å². The summed E-state index contributed by atoms with van der Waals surface area (Å²) in [5.74, 6) is -0.511. The van der Waals surface area contributed by atoms with Gasteiger partial charge in [0.25, 0.3) is 0 Å². The van der Waals surface area contributed by atoms with Crippen molar-refractivity contribution >= 4 is 19.0 Å². The number of quaternary nitrogens is 1. The largest absolute Gasteiger partial charge is 0.535 e. The monoisotopic (exact) mass is 431 g/mol. The number of hydrogen-bond acceptors (Lipinski definition) is 6. The summed E-state index contributed by atoms with van der Waals surface area (Å²) in [6.07, 6.45) is 0.794. The van der Waals surface area contributed by atoms with Gasteiger partial charge in [-0.05, 0) is 24.0 Å². The molecule has 1 saturated carbocycles. The first-order chi connectivity index (χ1) is 14.7. The Balaban J connectivity index is 1.21. The normalized spacial score (nSPS) is 28.7. The Labute approximate surface area is 181 Å². The highest BCUT2D eigenvalue weighted by atomic mass is 16.5. The maximum Gasteiger partial charge on any atom is 0.526 e. The van der Waals surface area contributed by atoms with E-state index in [1.54, 1.807) is 11.0 Å². The molecule has 4 aliphatic rings. The Hall–Kier alpha value is -2.30. The van der Waals surface area contributed by atoms with Crippen molar-refractivity contribution in [1.82, 2.24) is 4.90 Å². The molecule has 1 amide bonds. The summed E-state index contributed by atoms with van der Waals surface area (Å²) in [6, 6.07) is 3.49. The van der Waals surface area contributed by atoms with Gasteiger partial charge in [-0.1, -0.05) is 6.07 Å². The fraction of sp³-hybridized carbons (Fsp3) is 0.619. The summed E-state index contributed by atoms with van der Waals surface area (Å²) < 4.78 is 18.0. The van der Waals surface area contributed by atoms with Crippen molar-refractivity contribution in [2.75, 3.05) is 46.9 Å². The van der Waals surface area contributed by atoms with Crippen LogP contribution in [-0.4, -0.2) is 97.6 Å². The van der Waals surface area contributed by atoms with E-state index in [0.717, 1.165) is 29.6 Å². The van der Waals surface area contributed by atoms with Crippen LogP contribution in [0.5, 0.6) is 11.5 Å². The van der Waals surface area contributed by atoms with E-state index in [9.17, 15) is 19.7 Å². The first-order valence-corrected chi connectivity index (χ1v) is 10.8. The Bertz CT molecular complexity index is 917. The SMILES string of the molecule is C[N+]1(C)CCO[C@@H](CC(=O)N2CC(Oc3ccc4c(c3C(=O)O)OB(O)[C@@H]3C[C@H]43)C2)C1. The number of amides is 1. The molecule has 31 heavy (non-hydrogen) atoms. The first-order valence-electron chi connectivity index (χ1n) is 10.8. The van der Waals surface area contributed by atoms with E-state index in [-0.39, 0.29) is 46.9 Å². The lowest BCUT2D eigenvalue weighted by atomic mass is 9.77. The number of carboxylic acids is 1. The van der Waals surface area contributed by atoms with Crippen LogP contribution in [0.15, 0.2) is 12.1 Å². The second-order valence-electron chi connectivity index (χ2n) is 9.75. The van der Waals surface area contributed by atoms with Crippen molar-refractivity contribution in [1.29, 1.82) is 0 Å². The zero-order chi connectivity index (χ0) is 21.9. The summed E-state index contributed by atoms with van der Waals surface area (Å²) in [5.41, 5.74) is 0.765. The van der Waals surface area contributed by atoms with Crippen molar-refractivity contribution in [2.24, 2.45) is 0 Å². The molecule has 0 aromatic heterocycles. The van der Waals surface area contributed by atoms with Crippen molar-refractivity contribution in [3.63, 3.8) is 0 Å². The van der Waals surface area contributed by atoms with Crippen molar-refractivity contribution in [2.45, 2.75) is 36.8 Å².